The molecule has 4 nitrogen and oxygen atoms in total. The highest BCUT2D eigenvalue weighted by Crippen LogP contribution is 2.20. The molecule has 0 aliphatic carbocycles. The summed E-state index contributed by atoms with van der Waals surface area (Å²) in [7, 11) is 1.67. The van der Waals surface area contributed by atoms with Crippen molar-refractivity contribution in [3.05, 3.63) is 42.1 Å². The number of halogens is 2. The molecule has 0 aliphatic rings. The second kappa shape index (κ2) is 4.73. The van der Waals surface area contributed by atoms with Crippen molar-refractivity contribution in [3.63, 3.8) is 0 Å². The van der Waals surface area contributed by atoms with Crippen molar-refractivity contribution in [2.75, 3.05) is 17.7 Å². The second-order valence-corrected chi connectivity index (χ2v) is 3.24. The molecular formula is C11H10F2N4. The molecule has 0 saturated carbocycles. The van der Waals surface area contributed by atoms with Gasteiger partial charge >= 0.3 is 0 Å². The zero-order chi connectivity index (χ0) is 12.3. The fraction of sp³-hybridized carbons (Fsp3) is 0.0909. The molecule has 1 heterocycles. The highest BCUT2D eigenvalue weighted by molar-refractivity contribution is 5.57. The lowest BCUT2D eigenvalue weighted by Gasteiger charge is -2.07. The Kier molecular flexibility index (Phi) is 3.13. The summed E-state index contributed by atoms with van der Waals surface area (Å²) in [4.78, 5) is 7.94. The van der Waals surface area contributed by atoms with Gasteiger partial charge in [0.05, 0.1) is 5.69 Å². The molecule has 2 N–H and O–H groups in total. The maximum atomic E-state index is 13.4. The number of aromatic nitrogens is 2. The number of nitrogens with one attached hydrogen (secondary N) is 2. The molecule has 0 amide bonds. The monoisotopic (exact) mass is 236 g/mol. The fourth-order valence-corrected chi connectivity index (χ4v) is 1.29. The molecule has 0 radical (unpaired) electrons. The minimum absolute atomic E-state index is 0.0331. The van der Waals surface area contributed by atoms with Crippen molar-refractivity contribution in [2.45, 2.75) is 0 Å². The highest BCUT2D eigenvalue weighted by atomic mass is 19.2. The molecule has 0 bridgehead atoms. The predicted molar refractivity (Wildman–Crippen MR) is 61.2 cm³/mol. The van der Waals surface area contributed by atoms with Crippen LogP contribution in [0.2, 0.25) is 0 Å². The van der Waals surface area contributed by atoms with Gasteiger partial charge in [-0.2, -0.15) is 4.98 Å². The van der Waals surface area contributed by atoms with Crippen LogP contribution in [-0.2, 0) is 0 Å². The third-order valence-electron chi connectivity index (χ3n) is 2.09. The average Bonchev–Trinajstić information content (AvgIpc) is 2.35. The van der Waals surface area contributed by atoms with E-state index >= 15 is 0 Å². The van der Waals surface area contributed by atoms with Crippen molar-refractivity contribution in [1.29, 1.82) is 0 Å². The molecule has 88 valence electrons. The molecule has 6 heteroatoms. The van der Waals surface area contributed by atoms with Crippen molar-refractivity contribution in [3.8, 4) is 0 Å². The first-order valence-electron chi connectivity index (χ1n) is 4.92. The molecule has 2 rings (SSSR count). The number of hydrogen-bond acceptors (Lipinski definition) is 4. The summed E-state index contributed by atoms with van der Waals surface area (Å²) in [5.74, 6) is -1.06. The van der Waals surface area contributed by atoms with E-state index in [2.05, 4.69) is 20.6 Å². The quantitative estimate of drug-likeness (QED) is 0.859. The van der Waals surface area contributed by atoms with E-state index in [-0.39, 0.29) is 5.69 Å². The summed E-state index contributed by atoms with van der Waals surface area (Å²) in [5, 5.41) is 5.43. The van der Waals surface area contributed by atoms with E-state index in [1.807, 2.05) is 0 Å². The molecule has 0 saturated heterocycles. The fourth-order valence-electron chi connectivity index (χ4n) is 1.29. The Balaban J connectivity index is 2.28. The van der Waals surface area contributed by atoms with Crippen LogP contribution >= 0.6 is 0 Å². The summed E-state index contributed by atoms with van der Waals surface area (Å²) >= 11 is 0. The van der Waals surface area contributed by atoms with Gasteiger partial charge < -0.3 is 10.6 Å². The SMILES string of the molecule is CNc1nccc(Nc2cccc(F)c2F)n1. The maximum absolute atomic E-state index is 13.4. The van der Waals surface area contributed by atoms with Gasteiger partial charge in [-0.3, -0.25) is 0 Å². The van der Waals surface area contributed by atoms with Gasteiger partial charge in [0.1, 0.15) is 5.82 Å². The summed E-state index contributed by atoms with van der Waals surface area (Å²) in [6.45, 7) is 0. The van der Waals surface area contributed by atoms with E-state index < -0.39 is 11.6 Å². The molecule has 0 unspecified atom stereocenters. The van der Waals surface area contributed by atoms with Crippen LogP contribution < -0.4 is 10.6 Å². The van der Waals surface area contributed by atoms with Gasteiger partial charge in [-0.05, 0) is 18.2 Å². The topological polar surface area (TPSA) is 49.8 Å². The van der Waals surface area contributed by atoms with Gasteiger partial charge in [0.2, 0.25) is 5.95 Å². The number of rotatable bonds is 3. The maximum Gasteiger partial charge on any atom is 0.224 e. The lowest BCUT2D eigenvalue weighted by Crippen LogP contribution is -2.01. The van der Waals surface area contributed by atoms with Gasteiger partial charge in [0.15, 0.2) is 11.6 Å². The minimum atomic E-state index is -0.933. The Labute approximate surface area is 96.7 Å². The van der Waals surface area contributed by atoms with Gasteiger partial charge in [0.25, 0.3) is 0 Å². The van der Waals surface area contributed by atoms with Crippen LogP contribution in [0.25, 0.3) is 0 Å². The predicted octanol–water partition coefficient (Wildman–Crippen LogP) is 2.54. The largest absolute Gasteiger partial charge is 0.357 e. The van der Waals surface area contributed by atoms with Crippen LogP contribution in [0, 0.1) is 11.6 Å². The standard InChI is InChI=1S/C11H10F2N4/c1-14-11-15-6-5-9(17-11)16-8-4-2-3-7(12)10(8)13/h2-6H,1H3,(H2,14,15,16,17). The van der Waals surface area contributed by atoms with E-state index in [0.717, 1.165) is 6.07 Å². The van der Waals surface area contributed by atoms with Crippen LogP contribution in [0.4, 0.5) is 26.2 Å². The van der Waals surface area contributed by atoms with Crippen molar-refractivity contribution >= 4 is 17.5 Å². The van der Waals surface area contributed by atoms with E-state index in [4.69, 9.17) is 0 Å². The molecule has 1 aromatic heterocycles. The summed E-state index contributed by atoms with van der Waals surface area (Å²) < 4.78 is 26.3. The van der Waals surface area contributed by atoms with Gasteiger partial charge in [0, 0.05) is 13.2 Å². The Morgan fingerprint density at radius 3 is 2.76 bits per heavy atom. The van der Waals surface area contributed by atoms with Crippen LogP contribution in [0.15, 0.2) is 30.5 Å². The zero-order valence-electron chi connectivity index (χ0n) is 9.04. The Hall–Kier alpha value is -2.24. The number of benzene rings is 1. The molecule has 1 aromatic carbocycles. The third kappa shape index (κ3) is 2.47. The number of nitrogens with zero attached hydrogens (tertiary/aromatic N) is 2. The summed E-state index contributed by atoms with van der Waals surface area (Å²) in [5.41, 5.74) is 0.0331. The lowest BCUT2D eigenvalue weighted by molar-refractivity contribution is 0.511. The Bertz CT molecular complexity index is 531. The van der Waals surface area contributed by atoms with E-state index in [9.17, 15) is 8.78 Å². The highest BCUT2D eigenvalue weighted by Gasteiger charge is 2.08. The van der Waals surface area contributed by atoms with Crippen LogP contribution in [0.3, 0.4) is 0 Å². The smallest absolute Gasteiger partial charge is 0.224 e. The molecule has 0 spiro atoms. The zero-order valence-corrected chi connectivity index (χ0v) is 9.04. The van der Waals surface area contributed by atoms with Crippen LogP contribution in [0.1, 0.15) is 0 Å². The summed E-state index contributed by atoms with van der Waals surface area (Å²) in [6, 6.07) is 5.46. The molecule has 0 aliphatic heterocycles. The first-order chi connectivity index (χ1) is 8.20. The number of anilines is 3. The first-order valence-corrected chi connectivity index (χ1v) is 4.92. The molecular weight excluding hydrogens is 226 g/mol. The lowest BCUT2D eigenvalue weighted by atomic mass is 10.3. The van der Waals surface area contributed by atoms with Crippen molar-refractivity contribution in [2.24, 2.45) is 0 Å². The van der Waals surface area contributed by atoms with E-state index in [0.29, 0.717) is 11.8 Å². The molecule has 17 heavy (non-hydrogen) atoms. The Morgan fingerprint density at radius 2 is 2.00 bits per heavy atom. The average molecular weight is 236 g/mol. The van der Waals surface area contributed by atoms with Gasteiger partial charge in [-0.25, -0.2) is 13.8 Å². The van der Waals surface area contributed by atoms with E-state index in [1.54, 1.807) is 13.1 Å². The van der Waals surface area contributed by atoms with Gasteiger partial charge in [-0.15, -0.1) is 0 Å². The molecule has 2 aromatic rings. The minimum Gasteiger partial charge on any atom is -0.357 e. The van der Waals surface area contributed by atoms with E-state index in [1.165, 1.54) is 18.3 Å². The Morgan fingerprint density at radius 1 is 1.18 bits per heavy atom. The number of hydrogen-bond donors (Lipinski definition) is 2. The van der Waals surface area contributed by atoms with Crippen LogP contribution in [0.5, 0.6) is 0 Å². The summed E-state index contributed by atoms with van der Waals surface area (Å²) in [6.07, 6.45) is 1.51. The second-order valence-electron chi connectivity index (χ2n) is 3.24. The molecule has 0 atom stereocenters. The molecule has 0 fully saturated rings. The van der Waals surface area contributed by atoms with Crippen molar-refractivity contribution in [1.82, 2.24) is 9.97 Å². The third-order valence-corrected chi connectivity index (χ3v) is 2.09. The van der Waals surface area contributed by atoms with Gasteiger partial charge in [-0.1, -0.05) is 6.07 Å². The first kappa shape index (κ1) is 11.3. The normalized spacial score (nSPS) is 10.1. The van der Waals surface area contributed by atoms with Crippen molar-refractivity contribution < 1.29 is 8.78 Å². The van der Waals surface area contributed by atoms with Crippen LogP contribution in [-0.4, -0.2) is 17.0 Å².